The predicted molar refractivity (Wildman–Crippen MR) is 88.8 cm³/mol. The standard InChI is InChI=1S/C17H19NO4S/c1-3-21-14-8-6-13(7-9-14)17(20)22-11-16(19)18-12(2)15-5-4-10-23-15/h4-10,12H,3,11H2,1-2H3,(H,18,19)/t12-/m1/s1. The Morgan fingerprint density at radius 3 is 2.57 bits per heavy atom. The van der Waals surface area contributed by atoms with Crippen LogP contribution >= 0.6 is 11.3 Å². The summed E-state index contributed by atoms with van der Waals surface area (Å²) < 4.78 is 10.3. The molecule has 23 heavy (non-hydrogen) atoms. The first-order chi connectivity index (χ1) is 11.1. The van der Waals surface area contributed by atoms with Crippen molar-refractivity contribution in [3.63, 3.8) is 0 Å². The summed E-state index contributed by atoms with van der Waals surface area (Å²) in [6.07, 6.45) is 0. The topological polar surface area (TPSA) is 64.6 Å². The molecule has 0 fully saturated rings. The van der Waals surface area contributed by atoms with Crippen LogP contribution in [0.15, 0.2) is 41.8 Å². The molecule has 1 amide bonds. The molecule has 0 aliphatic rings. The zero-order chi connectivity index (χ0) is 16.7. The highest BCUT2D eigenvalue weighted by molar-refractivity contribution is 7.10. The Morgan fingerprint density at radius 1 is 1.22 bits per heavy atom. The summed E-state index contributed by atoms with van der Waals surface area (Å²) in [6, 6.07) is 10.4. The zero-order valence-electron chi connectivity index (χ0n) is 13.1. The van der Waals surface area contributed by atoms with Gasteiger partial charge in [0.1, 0.15) is 5.75 Å². The molecule has 0 bridgehead atoms. The second kappa shape index (κ2) is 8.33. The molecule has 1 atom stereocenters. The molecule has 2 rings (SSSR count). The molecule has 0 saturated carbocycles. The zero-order valence-corrected chi connectivity index (χ0v) is 13.9. The van der Waals surface area contributed by atoms with E-state index in [-0.39, 0.29) is 18.6 Å². The summed E-state index contributed by atoms with van der Waals surface area (Å²) in [4.78, 5) is 24.8. The minimum Gasteiger partial charge on any atom is -0.494 e. The van der Waals surface area contributed by atoms with Crippen molar-refractivity contribution in [3.05, 3.63) is 52.2 Å². The van der Waals surface area contributed by atoms with Crippen LogP contribution in [-0.2, 0) is 9.53 Å². The lowest BCUT2D eigenvalue weighted by Gasteiger charge is -2.12. The molecule has 6 heteroatoms. The molecule has 1 N–H and O–H groups in total. The summed E-state index contributed by atoms with van der Waals surface area (Å²) in [7, 11) is 0. The first-order valence-electron chi connectivity index (χ1n) is 7.33. The molecule has 5 nitrogen and oxygen atoms in total. The van der Waals surface area contributed by atoms with Gasteiger partial charge in [-0.1, -0.05) is 6.07 Å². The van der Waals surface area contributed by atoms with Crippen molar-refractivity contribution in [3.8, 4) is 5.75 Å². The number of ether oxygens (including phenoxy) is 2. The Balaban J connectivity index is 1.80. The largest absolute Gasteiger partial charge is 0.494 e. The maximum absolute atomic E-state index is 11.9. The number of esters is 1. The van der Waals surface area contributed by atoms with Crippen molar-refractivity contribution in [2.24, 2.45) is 0 Å². The third kappa shape index (κ3) is 5.10. The normalized spacial score (nSPS) is 11.6. The Bertz CT molecular complexity index is 637. The summed E-state index contributed by atoms with van der Waals surface area (Å²) >= 11 is 1.57. The maximum Gasteiger partial charge on any atom is 0.338 e. The van der Waals surface area contributed by atoms with Gasteiger partial charge in [-0.3, -0.25) is 4.79 Å². The van der Waals surface area contributed by atoms with E-state index in [0.717, 1.165) is 4.88 Å². The molecule has 0 saturated heterocycles. The third-order valence-electron chi connectivity index (χ3n) is 3.08. The van der Waals surface area contributed by atoms with Gasteiger partial charge < -0.3 is 14.8 Å². The van der Waals surface area contributed by atoms with Gasteiger partial charge in [-0.25, -0.2) is 4.79 Å². The molecule has 1 aromatic carbocycles. The van der Waals surface area contributed by atoms with E-state index in [2.05, 4.69) is 5.32 Å². The third-order valence-corrected chi connectivity index (χ3v) is 4.14. The van der Waals surface area contributed by atoms with Crippen molar-refractivity contribution in [1.82, 2.24) is 5.32 Å². The summed E-state index contributed by atoms with van der Waals surface area (Å²) in [5, 5.41) is 4.74. The van der Waals surface area contributed by atoms with E-state index in [1.54, 1.807) is 35.6 Å². The van der Waals surface area contributed by atoms with E-state index in [1.807, 2.05) is 31.4 Å². The highest BCUT2D eigenvalue weighted by Gasteiger charge is 2.13. The molecule has 1 aromatic heterocycles. The number of carbonyl (C=O) groups excluding carboxylic acids is 2. The van der Waals surface area contributed by atoms with Crippen molar-refractivity contribution in [2.75, 3.05) is 13.2 Å². The lowest BCUT2D eigenvalue weighted by atomic mass is 10.2. The van der Waals surface area contributed by atoms with Crippen LogP contribution in [0, 0.1) is 0 Å². The first-order valence-corrected chi connectivity index (χ1v) is 8.21. The van der Waals surface area contributed by atoms with Crippen LogP contribution in [0.2, 0.25) is 0 Å². The van der Waals surface area contributed by atoms with Crippen LogP contribution in [0.4, 0.5) is 0 Å². The Morgan fingerprint density at radius 2 is 1.96 bits per heavy atom. The second-order valence-corrected chi connectivity index (χ2v) is 5.82. The summed E-state index contributed by atoms with van der Waals surface area (Å²) in [5.41, 5.74) is 0.382. The number of hydrogen-bond donors (Lipinski definition) is 1. The maximum atomic E-state index is 11.9. The highest BCUT2D eigenvalue weighted by Crippen LogP contribution is 2.18. The van der Waals surface area contributed by atoms with E-state index < -0.39 is 5.97 Å². The Hall–Kier alpha value is -2.34. The van der Waals surface area contributed by atoms with Gasteiger partial charge in [-0.05, 0) is 49.6 Å². The molecule has 1 heterocycles. The minimum absolute atomic E-state index is 0.105. The number of amides is 1. The van der Waals surface area contributed by atoms with Gasteiger partial charge in [-0.15, -0.1) is 11.3 Å². The number of carbonyl (C=O) groups is 2. The van der Waals surface area contributed by atoms with Gasteiger partial charge in [-0.2, -0.15) is 0 Å². The fraction of sp³-hybridized carbons (Fsp3) is 0.294. The van der Waals surface area contributed by atoms with E-state index in [4.69, 9.17) is 9.47 Å². The minimum atomic E-state index is -0.535. The van der Waals surface area contributed by atoms with Crippen LogP contribution in [0.5, 0.6) is 5.75 Å². The van der Waals surface area contributed by atoms with Crippen LogP contribution in [0.25, 0.3) is 0 Å². The predicted octanol–water partition coefficient (Wildman–Crippen LogP) is 3.18. The average Bonchev–Trinajstić information content (AvgIpc) is 3.08. The molecule has 0 unspecified atom stereocenters. The highest BCUT2D eigenvalue weighted by atomic mass is 32.1. The lowest BCUT2D eigenvalue weighted by molar-refractivity contribution is -0.124. The molecule has 0 radical (unpaired) electrons. The van der Waals surface area contributed by atoms with E-state index in [0.29, 0.717) is 17.9 Å². The fourth-order valence-corrected chi connectivity index (χ4v) is 2.69. The summed E-state index contributed by atoms with van der Waals surface area (Å²) in [5.74, 6) is -0.177. The van der Waals surface area contributed by atoms with Gasteiger partial charge >= 0.3 is 5.97 Å². The monoisotopic (exact) mass is 333 g/mol. The number of thiophene rings is 1. The lowest BCUT2D eigenvalue weighted by Crippen LogP contribution is -2.30. The van der Waals surface area contributed by atoms with Gasteiger partial charge in [0, 0.05) is 4.88 Å². The van der Waals surface area contributed by atoms with Crippen molar-refractivity contribution in [2.45, 2.75) is 19.9 Å². The van der Waals surface area contributed by atoms with E-state index >= 15 is 0 Å². The van der Waals surface area contributed by atoms with Gasteiger partial charge in [0.05, 0.1) is 18.2 Å². The number of nitrogens with one attached hydrogen (secondary N) is 1. The van der Waals surface area contributed by atoms with Crippen molar-refractivity contribution in [1.29, 1.82) is 0 Å². The molecule has 122 valence electrons. The quantitative estimate of drug-likeness (QED) is 0.791. The van der Waals surface area contributed by atoms with Crippen LogP contribution < -0.4 is 10.1 Å². The Kier molecular flexibility index (Phi) is 6.17. The molecule has 0 spiro atoms. The van der Waals surface area contributed by atoms with Gasteiger partial charge in [0.2, 0.25) is 0 Å². The van der Waals surface area contributed by atoms with Gasteiger partial charge in [0.15, 0.2) is 6.61 Å². The number of benzene rings is 1. The van der Waals surface area contributed by atoms with Crippen molar-refractivity contribution >= 4 is 23.2 Å². The summed E-state index contributed by atoms with van der Waals surface area (Å²) in [6.45, 7) is 4.03. The number of rotatable bonds is 7. The van der Waals surface area contributed by atoms with E-state index in [1.165, 1.54) is 0 Å². The number of hydrogen-bond acceptors (Lipinski definition) is 5. The molecule has 0 aliphatic carbocycles. The molecule has 2 aromatic rings. The Labute approximate surface area is 139 Å². The second-order valence-electron chi connectivity index (χ2n) is 4.84. The first kappa shape index (κ1) is 17.0. The fourth-order valence-electron chi connectivity index (χ4n) is 1.96. The molecular weight excluding hydrogens is 314 g/mol. The van der Waals surface area contributed by atoms with Crippen LogP contribution in [0.3, 0.4) is 0 Å². The van der Waals surface area contributed by atoms with Crippen molar-refractivity contribution < 1.29 is 19.1 Å². The van der Waals surface area contributed by atoms with E-state index in [9.17, 15) is 9.59 Å². The molecular formula is C17H19NO4S. The SMILES string of the molecule is CCOc1ccc(C(=O)OCC(=O)N[C@H](C)c2cccs2)cc1. The van der Waals surface area contributed by atoms with Crippen LogP contribution in [-0.4, -0.2) is 25.1 Å². The average molecular weight is 333 g/mol. The van der Waals surface area contributed by atoms with Gasteiger partial charge in [0.25, 0.3) is 5.91 Å². The van der Waals surface area contributed by atoms with Crippen LogP contribution in [0.1, 0.15) is 35.1 Å². The smallest absolute Gasteiger partial charge is 0.338 e. The molecule has 0 aliphatic heterocycles.